The van der Waals surface area contributed by atoms with Gasteiger partial charge in [0.25, 0.3) is 0 Å². The zero-order valence-electron chi connectivity index (χ0n) is 13.2. The van der Waals surface area contributed by atoms with Crippen LogP contribution in [0.4, 0.5) is 5.82 Å². The molecule has 23 heavy (non-hydrogen) atoms. The molecule has 0 aliphatic rings. The van der Waals surface area contributed by atoms with Crippen LogP contribution in [-0.2, 0) is 11.2 Å². The highest BCUT2D eigenvalue weighted by molar-refractivity contribution is 9.10. The second-order valence-electron chi connectivity index (χ2n) is 5.35. The van der Waals surface area contributed by atoms with Crippen molar-refractivity contribution in [2.24, 2.45) is 5.73 Å². The Morgan fingerprint density at radius 3 is 2.61 bits per heavy atom. The normalized spacial score (nSPS) is 11.7. The van der Waals surface area contributed by atoms with Crippen molar-refractivity contribution in [2.45, 2.75) is 39.2 Å². The minimum absolute atomic E-state index is 0. The molecule has 2 aromatic rings. The fourth-order valence-electron chi connectivity index (χ4n) is 2.22. The Hall–Kier alpha value is -1.37. The summed E-state index contributed by atoms with van der Waals surface area (Å²) < 4.78 is 1.03. The minimum Gasteiger partial charge on any atom is -0.328 e. The van der Waals surface area contributed by atoms with E-state index in [1.807, 2.05) is 38.1 Å². The van der Waals surface area contributed by atoms with E-state index in [1.165, 1.54) is 0 Å². The van der Waals surface area contributed by atoms with Gasteiger partial charge < -0.3 is 11.1 Å². The second kappa shape index (κ2) is 9.05. The highest BCUT2D eigenvalue weighted by Crippen LogP contribution is 2.28. The van der Waals surface area contributed by atoms with E-state index in [4.69, 9.17) is 5.73 Å². The molecule has 1 unspecified atom stereocenters. The molecule has 0 fully saturated rings. The van der Waals surface area contributed by atoms with Crippen LogP contribution in [-0.4, -0.2) is 22.1 Å². The van der Waals surface area contributed by atoms with Crippen LogP contribution in [0.3, 0.4) is 0 Å². The van der Waals surface area contributed by atoms with Crippen molar-refractivity contribution in [3.8, 4) is 11.3 Å². The number of rotatable bonds is 6. The summed E-state index contributed by atoms with van der Waals surface area (Å²) in [6, 6.07) is 8.01. The quantitative estimate of drug-likeness (QED) is 0.686. The van der Waals surface area contributed by atoms with Gasteiger partial charge >= 0.3 is 0 Å². The first kappa shape index (κ1) is 19.7. The molecule has 1 aromatic carbocycles. The Morgan fingerprint density at radius 2 is 2.04 bits per heavy atom. The molecule has 1 heterocycles. The van der Waals surface area contributed by atoms with Gasteiger partial charge in [0.05, 0.1) is 5.69 Å². The van der Waals surface area contributed by atoms with Crippen molar-refractivity contribution in [3.63, 3.8) is 0 Å². The van der Waals surface area contributed by atoms with Crippen molar-refractivity contribution >= 4 is 40.1 Å². The standard InChI is InChI=1S/C16H21BrN4O.ClH/c1-3-13-15(11-5-7-12(17)8-6-11)20-21-16(13)19-14(22)9-4-10(2)18;/h5-8,10H,3-4,9,18H2,1-2H3,(H2,19,20,21,22);1H. The van der Waals surface area contributed by atoms with E-state index in [0.29, 0.717) is 18.7 Å². The molecular weight excluding hydrogens is 380 g/mol. The maximum absolute atomic E-state index is 11.9. The van der Waals surface area contributed by atoms with Crippen molar-refractivity contribution in [3.05, 3.63) is 34.3 Å². The zero-order valence-corrected chi connectivity index (χ0v) is 15.6. The second-order valence-corrected chi connectivity index (χ2v) is 6.27. The number of aromatic amines is 1. The number of amides is 1. The summed E-state index contributed by atoms with van der Waals surface area (Å²) in [6.07, 6.45) is 1.85. The first-order chi connectivity index (χ1) is 10.5. The molecule has 1 amide bonds. The molecule has 0 bridgehead atoms. The van der Waals surface area contributed by atoms with Crippen LogP contribution in [0.5, 0.6) is 0 Å². The van der Waals surface area contributed by atoms with Crippen LogP contribution < -0.4 is 11.1 Å². The Bertz CT molecular complexity index is 640. The van der Waals surface area contributed by atoms with Gasteiger partial charge in [-0.05, 0) is 37.5 Å². The number of halogens is 2. The van der Waals surface area contributed by atoms with Gasteiger partial charge in [0.15, 0.2) is 5.82 Å². The third-order valence-corrected chi connectivity index (χ3v) is 3.97. The van der Waals surface area contributed by atoms with E-state index in [0.717, 1.165) is 27.7 Å². The van der Waals surface area contributed by atoms with Crippen LogP contribution in [0.1, 0.15) is 32.3 Å². The number of nitrogens with two attached hydrogens (primary N) is 1. The topological polar surface area (TPSA) is 83.8 Å². The van der Waals surface area contributed by atoms with E-state index in [-0.39, 0.29) is 24.4 Å². The molecule has 7 heteroatoms. The number of H-pyrrole nitrogens is 1. The van der Waals surface area contributed by atoms with Crippen molar-refractivity contribution in [1.82, 2.24) is 10.2 Å². The average molecular weight is 402 g/mol. The number of carbonyl (C=O) groups excluding carboxylic acids is 1. The summed E-state index contributed by atoms with van der Waals surface area (Å²) in [5.74, 6) is 0.552. The van der Waals surface area contributed by atoms with E-state index < -0.39 is 0 Å². The van der Waals surface area contributed by atoms with Gasteiger partial charge in [0.2, 0.25) is 5.91 Å². The van der Waals surface area contributed by atoms with Crippen molar-refractivity contribution < 1.29 is 4.79 Å². The fraction of sp³-hybridized carbons (Fsp3) is 0.375. The Balaban J connectivity index is 0.00000264. The summed E-state index contributed by atoms with van der Waals surface area (Å²) in [7, 11) is 0. The number of hydrogen-bond donors (Lipinski definition) is 3. The largest absolute Gasteiger partial charge is 0.328 e. The number of hydrogen-bond acceptors (Lipinski definition) is 3. The molecule has 1 atom stereocenters. The third kappa shape index (κ3) is 5.34. The molecule has 1 aromatic heterocycles. The van der Waals surface area contributed by atoms with Gasteiger partial charge in [-0.2, -0.15) is 5.10 Å². The van der Waals surface area contributed by atoms with Crippen molar-refractivity contribution in [2.75, 3.05) is 5.32 Å². The molecule has 2 rings (SSSR count). The third-order valence-electron chi connectivity index (χ3n) is 3.44. The minimum atomic E-state index is -0.0548. The fourth-order valence-corrected chi connectivity index (χ4v) is 2.49. The highest BCUT2D eigenvalue weighted by atomic mass is 79.9. The average Bonchev–Trinajstić information content (AvgIpc) is 2.88. The molecule has 5 nitrogen and oxygen atoms in total. The number of nitrogens with one attached hydrogen (secondary N) is 2. The Morgan fingerprint density at radius 1 is 1.39 bits per heavy atom. The lowest BCUT2D eigenvalue weighted by atomic mass is 10.1. The molecule has 0 spiro atoms. The van der Waals surface area contributed by atoms with Gasteiger partial charge in [-0.15, -0.1) is 12.4 Å². The number of benzene rings is 1. The highest BCUT2D eigenvalue weighted by Gasteiger charge is 2.15. The maximum Gasteiger partial charge on any atom is 0.225 e. The smallest absolute Gasteiger partial charge is 0.225 e. The first-order valence-electron chi connectivity index (χ1n) is 7.39. The van der Waals surface area contributed by atoms with Gasteiger partial charge in [-0.25, -0.2) is 0 Å². The molecule has 126 valence electrons. The van der Waals surface area contributed by atoms with E-state index in [1.54, 1.807) is 0 Å². The summed E-state index contributed by atoms with van der Waals surface area (Å²) in [5.41, 5.74) is 8.67. The SMILES string of the molecule is CCc1c(NC(=O)CCC(C)N)n[nH]c1-c1ccc(Br)cc1.Cl. The first-order valence-corrected chi connectivity index (χ1v) is 8.19. The van der Waals surface area contributed by atoms with Gasteiger partial charge in [-0.3, -0.25) is 9.89 Å². The lowest BCUT2D eigenvalue weighted by Gasteiger charge is -2.07. The van der Waals surface area contributed by atoms with Crippen LogP contribution in [0.25, 0.3) is 11.3 Å². The molecule has 0 aliphatic carbocycles. The lowest BCUT2D eigenvalue weighted by molar-refractivity contribution is -0.116. The van der Waals surface area contributed by atoms with Crippen LogP contribution >= 0.6 is 28.3 Å². The van der Waals surface area contributed by atoms with Crippen molar-refractivity contribution in [1.29, 1.82) is 0 Å². The number of aromatic nitrogens is 2. The summed E-state index contributed by atoms with van der Waals surface area (Å²) in [4.78, 5) is 11.9. The van der Waals surface area contributed by atoms with Gasteiger partial charge in [-0.1, -0.05) is 35.0 Å². The molecule has 0 saturated heterocycles. The summed E-state index contributed by atoms with van der Waals surface area (Å²) in [6.45, 7) is 3.94. The van der Waals surface area contributed by atoms with Crippen LogP contribution in [0.2, 0.25) is 0 Å². The van der Waals surface area contributed by atoms with Crippen LogP contribution in [0, 0.1) is 0 Å². The van der Waals surface area contributed by atoms with E-state index in [9.17, 15) is 4.79 Å². The van der Waals surface area contributed by atoms with Gasteiger partial charge in [0.1, 0.15) is 0 Å². The molecule has 0 radical (unpaired) electrons. The number of carbonyl (C=O) groups is 1. The molecule has 4 N–H and O–H groups in total. The maximum atomic E-state index is 11.9. The van der Waals surface area contributed by atoms with Gasteiger partial charge in [0, 0.05) is 22.5 Å². The lowest BCUT2D eigenvalue weighted by Crippen LogP contribution is -2.20. The predicted octanol–water partition coefficient (Wildman–Crippen LogP) is 3.89. The summed E-state index contributed by atoms with van der Waals surface area (Å²) >= 11 is 3.43. The monoisotopic (exact) mass is 400 g/mol. The summed E-state index contributed by atoms with van der Waals surface area (Å²) in [5, 5.41) is 10.2. The van der Waals surface area contributed by atoms with Crippen LogP contribution in [0.15, 0.2) is 28.7 Å². The molecule has 0 aliphatic heterocycles. The molecular formula is C16H22BrClN4O. The zero-order chi connectivity index (χ0) is 16.1. The Kier molecular flexibility index (Phi) is 7.75. The number of anilines is 1. The van der Waals surface area contributed by atoms with E-state index >= 15 is 0 Å². The number of nitrogens with zero attached hydrogens (tertiary/aromatic N) is 1. The molecule has 0 saturated carbocycles. The Labute approximate surface area is 151 Å². The van der Waals surface area contributed by atoms with E-state index in [2.05, 4.69) is 31.4 Å². The predicted molar refractivity (Wildman–Crippen MR) is 99.9 cm³/mol.